The number of benzene rings is 2. The number of nitrogens with zero attached hydrogens (tertiary/aromatic N) is 2. The van der Waals surface area contributed by atoms with Gasteiger partial charge in [-0.25, -0.2) is 0 Å². The van der Waals surface area contributed by atoms with Crippen molar-refractivity contribution in [3.8, 4) is 22.6 Å². The van der Waals surface area contributed by atoms with Crippen LogP contribution in [0.1, 0.15) is 22.5 Å². The van der Waals surface area contributed by atoms with Crippen molar-refractivity contribution in [3.05, 3.63) is 132 Å². The van der Waals surface area contributed by atoms with Gasteiger partial charge < -0.3 is 15.1 Å². The van der Waals surface area contributed by atoms with Crippen LogP contribution in [0.5, 0.6) is 0 Å². The van der Waals surface area contributed by atoms with E-state index in [4.69, 9.17) is 15.2 Å². The Morgan fingerprint density at radius 3 is 1.51 bits per heavy atom. The molecule has 0 fully saturated rings. The van der Waals surface area contributed by atoms with Crippen molar-refractivity contribution in [3.63, 3.8) is 0 Å². The lowest BCUT2D eigenvalue weighted by Crippen LogP contribution is -2.25. The molecule has 0 amide bonds. The first-order valence-electron chi connectivity index (χ1n) is 12.9. The van der Waals surface area contributed by atoms with E-state index in [2.05, 4.69) is 20.6 Å². The molecule has 5 rings (SSSR count). The lowest BCUT2D eigenvalue weighted by Gasteiger charge is -2.09. The van der Waals surface area contributed by atoms with Crippen LogP contribution in [-0.2, 0) is 12.8 Å². The van der Waals surface area contributed by atoms with Crippen LogP contribution in [0.2, 0.25) is 0 Å². The molecule has 0 atom stereocenters. The predicted octanol–water partition coefficient (Wildman–Crippen LogP) is 5.72. The Morgan fingerprint density at radius 2 is 1.08 bits per heavy atom. The molecule has 7 heteroatoms. The molecule has 0 saturated heterocycles. The molecular formula is C32H30N6O. The molecule has 39 heavy (non-hydrogen) atoms. The van der Waals surface area contributed by atoms with Crippen LogP contribution in [0, 0.1) is 10.8 Å². The second-order valence-corrected chi connectivity index (χ2v) is 9.07. The zero-order valence-electron chi connectivity index (χ0n) is 21.5. The Kier molecular flexibility index (Phi) is 8.19. The van der Waals surface area contributed by atoms with Gasteiger partial charge in [-0.2, -0.15) is 0 Å². The molecule has 0 unspecified atom stereocenters. The molecule has 3 aromatic heterocycles. The molecule has 0 saturated carbocycles. The molecule has 4 N–H and O–H groups in total. The van der Waals surface area contributed by atoms with Crippen LogP contribution in [0.25, 0.3) is 22.6 Å². The van der Waals surface area contributed by atoms with Crippen molar-refractivity contribution in [2.75, 3.05) is 13.1 Å². The highest BCUT2D eigenvalue weighted by molar-refractivity contribution is 5.98. The summed E-state index contributed by atoms with van der Waals surface area (Å²) in [5, 5.41) is 23.3. The summed E-state index contributed by atoms with van der Waals surface area (Å²) in [6, 6.07) is 31.1. The number of rotatable bonds is 10. The first-order chi connectivity index (χ1) is 19.2. The van der Waals surface area contributed by atoms with Gasteiger partial charge in [0.05, 0.1) is 0 Å². The maximum Gasteiger partial charge on any atom is 0.134 e. The van der Waals surface area contributed by atoms with Crippen molar-refractivity contribution in [2.24, 2.45) is 0 Å². The third-order valence-corrected chi connectivity index (χ3v) is 6.30. The summed E-state index contributed by atoms with van der Waals surface area (Å²) in [5.74, 6) is 2.17. The molecule has 0 aliphatic heterocycles. The number of hydrogen-bond acceptors (Lipinski definition) is 5. The molecule has 0 spiro atoms. The van der Waals surface area contributed by atoms with Crippen molar-refractivity contribution in [2.45, 2.75) is 12.8 Å². The van der Waals surface area contributed by atoms with Gasteiger partial charge in [0.1, 0.15) is 23.2 Å². The monoisotopic (exact) mass is 514 g/mol. The predicted molar refractivity (Wildman–Crippen MR) is 155 cm³/mol. The van der Waals surface area contributed by atoms with Crippen molar-refractivity contribution >= 4 is 11.7 Å². The molecule has 194 valence electrons. The fourth-order valence-corrected chi connectivity index (χ4v) is 4.23. The normalized spacial score (nSPS) is 10.7. The van der Waals surface area contributed by atoms with E-state index in [9.17, 15) is 0 Å². The Labute approximate surface area is 228 Å². The first-order valence-corrected chi connectivity index (χ1v) is 12.9. The number of aromatic nitrogens is 2. The van der Waals surface area contributed by atoms with Gasteiger partial charge in [0, 0.05) is 72.0 Å². The minimum Gasteiger partial charge on any atom is -0.456 e. The van der Waals surface area contributed by atoms with Crippen LogP contribution in [0.3, 0.4) is 0 Å². The topological polar surface area (TPSA) is 111 Å². The fraction of sp³-hybridized carbons (Fsp3) is 0.125. The highest BCUT2D eigenvalue weighted by atomic mass is 16.3. The smallest absolute Gasteiger partial charge is 0.134 e. The Morgan fingerprint density at radius 1 is 0.590 bits per heavy atom. The second-order valence-electron chi connectivity index (χ2n) is 9.07. The zero-order valence-corrected chi connectivity index (χ0v) is 21.5. The average molecular weight is 515 g/mol. The molecule has 0 aliphatic carbocycles. The highest BCUT2D eigenvalue weighted by Crippen LogP contribution is 2.29. The van der Waals surface area contributed by atoms with Gasteiger partial charge in [0.2, 0.25) is 0 Å². The van der Waals surface area contributed by atoms with Crippen LogP contribution in [-0.4, -0.2) is 34.7 Å². The van der Waals surface area contributed by atoms with Crippen molar-refractivity contribution in [1.82, 2.24) is 20.6 Å². The van der Waals surface area contributed by atoms with E-state index < -0.39 is 0 Å². The minimum absolute atomic E-state index is 0.362. The summed E-state index contributed by atoms with van der Waals surface area (Å²) in [6.45, 7) is 1.27. The van der Waals surface area contributed by atoms with E-state index in [0.29, 0.717) is 24.8 Å². The summed E-state index contributed by atoms with van der Waals surface area (Å²) in [6.07, 6.45) is 5.07. The van der Waals surface area contributed by atoms with Crippen molar-refractivity contribution < 1.29 is 4.42 Å². The molecule has 0 aliphatic rings. The van der Waals surface area contributed by atoms with Crippen LogP contribution in [0.15, 0.2) is 114 Å². The largest absolute Gasteiger partial charge is 0.456 e. The van der Waals surface area contributed by atoms with Gasteiger partial charge in [-0.15, -0.1) is 0 Å². The lowest BCUT2D eigenvalue weighted by atomic mass is 10.1. The number of hydrogen-bond donors (Lipinski definition) is 4. The quantitative estimate of drug-likeness (QED) is 0.141. The Hall–Kier alpha value is -5.04. The third kappa shape index (κ3) is 6.84. The van der Waals surface area contributed by atoms with Crippen molar-refractivity contribution in [1.29, 1.82) is 10.8 Å². The Bertz CT molecular complexity index is 1430. The second kappa shape index (κ2) is 12.5. The first kappa shape index (κ1) is 25.6. The van der Waals surface area contributed by atoms with E-state index in [1.54, 1.807) is 12.4 Å². The van der Waals surface area contributed by atoms with Crippen LogP contribution >= 0.6 is 0 Å². The molecule has 2 aromatic carbocycles. The van der Waals surface area contributed by atoms with Gasteiger partial charge in [0.15, 0.2) is 0 Å². The highest BCUT2D eigenvalue weighted by Gasteiger charge is 2.11. The molecule has 0 radical (unpaired) electrons. The minimum atomic E-state index is 0.362. The standard InChI is InChI=1S/C32H30N6O/c33-31(37-19-15-27-11-1-3-17-35-27)25-9-5-7-23(21-25)29-13-14-30(39-29)24-8-6-10-26(22-24)32(34)38-20-16-28-12-2-4-18-36-28/h1-14,17-18,21-22H,15-16,19-20H2,(H2,33,37)(H2,34,38). The SMILES string of the molecule is N=C(NCCc1ccccn1)c1cccc(-c2ccc(-c3cccc(C(=N)NCCc4ccccn4)c3)o2)c1. The van der Waals surface area contributed by atoms with Gasteiger partial charge in [-0.05, 0) is 48.5 Å². The maximum absolute atomic E-state index is 8.46. The van der Waals surface area contributed by atoms with Crippen LogP contribution < -0.4 is 10.6 Å². The average Bonchev–Trinajstić information content (AvgIpc) is 3.49. The van der Waals surface area contributed by atoms with Gasteiger partial charge in [-0.1, -0.05) is 48.5 Å². The van der Waals surface area contributed by atoms with E-state index in [0.717, 1.165) is 58.0 Å². The number of nitrogens with one attached hydrogen (secondary N) is 4. The molecule has 5 aromatic rings. The number of pyridine rings is 2. The molecule has 7 nitrogen and oxygen atoms in total. The molecule has 0 bridgehead atoms. The molecule has 3 heterocycles. The van der Waals surface area contributed by atoms with E-state index in [1.807, 2.05) is 97.1 Å². The van der Waals surface area contributed by atoms with Gasteiger partial charge >= 0.3 is 0 Å². The Balaban J connectivity index is 1.21. The number of amidine groups is 2. The third-order valence-electron chi connectivity index (χ3n) is 6.30. The van der Waals surface area contributed by atoms with E-state index in [1.165, 1.54) is 0 Å². The molecular weight excluding hydrogens is 484 g/mol. The van der Waals surface area contributed by atoms with Gasteiger partial charge in [-0.3, -0.25) is 20.8 Å². The van der Waals surface area contributed by atoms with E-state index >= 15 is 0 Å². The summed E-state index contributed by atoms with van der Waals surface area (Å²) in [5.41, 5.74) is 5.37. The summed E-state index contributed by atoms with van der Waals surface area (Å²) in [4.78, 5) is 8.66. The summed E-state index contributed by atoms with van der Waals surface area (Å²) in [7, 11) is 0. The maximum atomic E-state index is 8.46. The summed E-state index contributed by atoms with van der Waals surface area (Å²) >= 11 is 0. The van der Waals surface area contributed by atoms with Gasteiger partial charge in [0.25, 0.3) is 0 Å². The zero-order chi connectivity index (χ0) is 26.9. The fourth-order valence-electron chi connectivity index (χ4n) is 4.23. The lowest BCUT2D eigenvalue weighted by molar-refractivity contribution is 0.597. The van der Waals surface area contributed by atoms with Crippen LogP contribution in [0.4, 0.5) is 0 Å². The summed E-state index contributed by atoms with van der Waals surface area (Å²) < 4.78 is 6.20. The van der Waals surface area contributed by atoms with E-state index in [-0.39, 0.29) is 0 Å². The number of furan rings is 1.